The number of amides is 1. The largest absolute Gasteiger partial charge is 0.399 e. The molecule has 0 atom stereocenters. The predicted molar refractivity (Wildman–Crippen MR) is 116 cm³/mol. The van der Waals surface area contributed by atoms with Gasteiger partial charge in [-0.3, -0.25) is 4.79 Å². The molecule has 3 aromatic rings. The maximum absolute atomic E-state index is 12.8. The highest BCUT2D eigenvalue weighted by atomic mass is 16.1. The predicted octanol–water partition coefficient (Wildman–Crippen LogP) is 4.61. The van der Waals surface area contributed by atoms with Crippen LogP contribution in [0.15, 0.2) is 78.9 Å². The number of hydrogen-bond acceptors (Lipinski definition) is 3. The average molecular weight is 374 g/mol. The molecule has 0 unspecified atom stereocenters. The molecule has 4 nitrogen and oxygen atoms in total. The normalized spacial score (nSPS) is 10.7. The van der Waals surface area contributed by atoms with Gasteiger partial charge in [-0.15, -0.1) is 0 Å². The monoisotopic (exact) mass is 373 g/mol. The SMILES string of the molecule is CC(C)NC(=O)c1cc(N)ccc1N(Cc1ccccc1)Cc1ccccc1. The van der Waals surface area contributed by atoms with E-state index in [1.54, 1.807) is 6.07 Å². The van der Waals surface area contributed by atoms with E-state index in [2.05, 4.69) is 34.5 Å². The van der Waals surface area contributed by atoms with Gasteiger partial charge in [-0.05, 0) is 43.2 Å². The van der Waals surface area contributed by atoms with Crippen LogP contribution in [0.4, 0.5) is 11.4 Å². The number of nitrogen functional groups attached to an aromatic ring is 1. The average Bonchev–Trinajstić information content (AvgIpc) is 2.68. The second kappa shape index (κ2) is 9.09. The summed E-state index contributed by atoms with van der Waals surface area (Å²) in [6, 6.07) is 26.2. The molecule has 0 aromatic heterocycles. The zero-order valence-corrected chi connectivity index (χ0v) is 16.4. The first-order chi connectivity index (χ1) is 13.5. The van der Waals surface area contributed by atoms with Crippen molar-refractivity contribution in [3.63, 3.8) is 0 Å². The lowest BCUT2D eigenvalue weighted by atomic mass is 10.1. The Balaban J connectivity index is 2.00. The van der Waals surface area contributed by atoms with Crippen molar-refractivity contribution in [3.8, 4) is 0 Å². The number of hydrogen-bond donors (Lipinski definition) is 2. The third-order valence-corrected chi connectivity index (χ3v) is 4.46. The van der Waals surface area contributed by atoms with E-state index in [9.17, 15) is 4.79 Å². The first-order valence-electron chi connectivity index (χ1n) is 9.56. The van der Waals surface area contributed by atoms with Crippen molar-refractivity contribution in [1.29, 1.82) is 0 Å². The van der Waals surface area contributed by atoms with Crippen LogP contribution >= 0.6 is 0 Å². The smallest absolute Gasteiger partial charge is 0.253 e. The van der Waals surface area contributed by atoms with Gasteiger partial charge >= 0.3 is 0 Å². The highest BCUT2D eigenvalue weighted by Crippen LogP contribution is 2.27. The van der Waals surface area contributed by atoms with Gasteiger partial charge in [0.25, 0.3) is 5.91 Å². The van der Waals surface area contributed by atoms with Gasteiger partial charge in [-0.1, -0.05) is 60.7 Å². The summed E-state index contributed by atoms with van der Waals surface area (Å²) >= 11 is 0. The van der Waals surface area contributed by atoms with Crippen LogP contribution in [0.25, 0.3) is 0 Å². The van der Waals surface area contributed by atoms with Crippen LogP contribution in [0.2, 0.25) is 0 Å². The molecule has 28 heavy (non-hydrogen) atoms. The van der Waals surface area contributed by atoms with Crippen molar-refractivity contribution in [3.05, 3.63) is 95.6 Å². The zero-order chi connectivity index (χ0) is 19.9. The van der Waals surface area contributed by atoms with Gasteiger partial charge in [-0.2, -0.15) is 0 Å². The number of carbonyl (C=O) groups is 1. The van der Waals surface area contributed by atoms with Gasteiger partial charge < -0.3 is 16.0 Å². The topological polar surface area (TPSA) is 58.4 Å². The Morgan fingerprint density at radius 3 is 1.93 bits per heavy atom. The summed E-state index contributed by atoms with van der Waals surface area (Å²) < 4.78 is 0. The number of anilines is 2. The number of benzene rings is 3. The van der Waals surface area contributed by atoms with E-state index in [1.165, 1.54) is 11.1 Å². The molecule has 0 fully saturated rings. The van der Waals surface area contributed by atoms with E-state index in [1.807, 2.05) is 62.4 Å². The second-order valence-electron chi connectivity index (χ2n) is 7.23. The second-order valence-corrected chi connectivity index (χ2v) is 7.23. The van der Waals surface area contributed by atoms with E-state index >= 15 is 0 Å². The molecule has 0 aliphatic rings. The van der Waals surface area contributed by atoms with Gasteiger partial charge in [0.05, 0.1) is 11.3 Å². The number of carbonyl (C=O) groups excluding carboxylic acids is 1. The van der Waals surface area contributed by atoms with Crippen molar-refractivity contribution in [1.82, 2.24) is 5.32 Å². The molecule has 0 spiro atoms. The van der Waals surface area contributed by atoms with Gasteiger partial charge in [0.2, 0.25) is 0 Å². The summed E-state index contributed by atoms with van der Waals surface area (Å²) in [6.07, 6.45) is 0. The summed E-state index contributed by atoms with van der Waals surface area (Å²) in [6.45, 7) is 5.30. The quantitative estimate of drug-likeness (QED) is 0.595. The summed E-state index contributed by atoms with van der Waals surface area (Å²) in [5, 5.41) is 2.99. The molecule has 0 heterocycles. The molecule has 0 saturated carbocycles. The Hall–Kier alpha value is -3.27. The fraction of sp³-hybridized carbons (Fsp3) is 0.208. The van der Waals surface area contributed by atoms with E-state index < -0.39 is 0 Å². The van der Waals surface area contributed by atoms with Crippen molar-refractivity contribution >= 4 is 17.3 Å². The highest BCUT2D eigenvalue weighted by Gasteiger charge is 2.18. The standard InChI is InChI=1S/C24H27N3O/c1-18(2)26-24(28)22-15-21(25)13-14-23(22)27(16-19-9-5-3-6-10-19)17-20-11-7-4-8-12-20/h3-15,18H,16-17,25H2,1-2H3,(H,26,28). The van der Waals surface area contributed by atoms with E-state index in [0.29, 0.717) is 24.3 Å². The molecule has 0 aliphatic heterocycles. The fourth-order valence-corrected chi connectivity index (χ4v) is 3.19. The lowest BCUT2D eigenvalue weighted by Gasteiger charge is -2.28. The zero-order valence-electron chi connectivity index (χ0n) is 16.4. The minimum Gasteiger partial charge on any atom is -0.399 e. The highest BCUT2D eigenvalue weighted by molar-refractivity contribution is 6.00. The molecule has 0 aliphatic carbocycles. The first kappa shape index (κ1) is 19.5. The molecular formula is C24H27N3O. The first-order valence-corrected chi connectivity index (χ1v) is 9.56. The Kier molecular flexibility index (Phi) is 6.33. The van der Waals surface area contributed by atoms with Crippen LogP contribution in [0, 0.1) is 0 Å². The minimum absolute atomic E-state index is 0.0541. The van der Waals surface area contributed by atoms with Crippen molar-refractivity contribution < 1.29 is 4.79 Å². The third-order valence-electron chi connectivity index (χ3n) is 4.46. The van der Waals surface area contributed by atoms with Crippen molar-refractivity contribution in [2.75, 3.05) is 10.6 Å². The Bertz CT molecular complexity index is 866. The van der Waals surface area contributed by atoms with Gasteiger partial charge in [0.1, 0.15) is 0 Å². The molecule has 0 bridgehead atoms. The Morgan fingerprint density at radius 2 is 1.43 bits per heavy atom. The van der Waals surface area contributed by atoms with E-state index in [-0.39, 0.29) is 11.9 Å². The van der Waals surface area contributed by atoms with Crippen LogP contribution < -0.4 is 16.0 Å². The van der Waals surface area contributed by atoms with Crippen LogP contribution in [-0.4, -0.2) is 11.9 Å². The molecule has 144 valence electrons. The van der Waals surface area contributed by atoms with Crippen LogP contribution in [-0.2, 0) is 13.1 Å². The van der Waals surface area contributed by atoms with Crippen LogP contribution in [0.1, 0.15) is 35.3 Å². The van der Waals surface area contributed by atoms with Crippen molar-refractivity contribution in [2.24, 2.45) is 0 Å². The molecule has 3 N–H and O–H groups in total. The summed E-state index contributed by atoms with van der Waals surface area (Å²) in [5.74, 6) is -0.108. The molecule has 0 saturated heterocycles. The van der Waals surface area contributed by atoms with E-state index in [0.717, 1.165) is 5.69 Å². The number of nitrogens with two attached hydrogens (primary N) is 1. The third kappa shape index (κ3) is 5.13. The summed E-state index contributed by atoms with van der Waals surface area (Å²) in [4.78, 5) is 15.1. The number of nitrogens with zero attached hydrogens (tertiary/aromatic N) is 1. The maximum atomic E-state index is 12.8. The minimum atomic E-state index is -0.108. The molecule has 3 aromatic carbocycles. The van der Waals surface area contributed by atoms with Crippen LogP contribution in [0.5, 0.6) is 0 Å². The van der Waals surface area contributed by atoms with Gasteiger partial charge in [-0.25, -0.2) is 0 Å². The lowest BCUT2D eigenvalue weighted by Crippen LogP contribution is -2.32. The van der Waals surface area contributed by atoms with Crippen molar-refractivity contribution in [2.45, 2.75) is 33.0 Å². The maximum Gasteiger partial charge on any atom is 0.253 e. The molecule has 1 amide bonds. The lowest BCUT2D eigenvalue weighted by molar-refractivity contribution is 0.0943. The van der Waals surface area contributed by atoms with Gasteiger partial charge in [0, 0.05) is 24.8 Å². The molecule has 3 rings (SSSR count). The fourth-order valence-electron chi connectivity index (χ4n) is 3.19. The van der Waals surface area contributed by atoms with Crippen LogP contribution in [0.3, 0.4) is 0 Å². The molecule has 0 radical (unpaired) electrons. The molecular weight excluding hydrogens is 346 g/mol. The number of nitrogens with one attached hydrogen (secondary N) is 1. The van der Waals surface area contributed by atoms with E-state index in [4.69, 9.17) is 5.73 Å². The molecule has 4 heteroatoms. The Morgan fingerprint density at radius 1 is 0.893 bits per heavy atom. The number of rotatable bonds is 7. The summed E-state index contributed by atoms with van der Waals surface area (Å²) in [7, 11) is 0. The Labute approximate surface area is 167 Å². The summed E-state index contributed by atoms with van der Waals surface area (Å²) in [5.41, 5.74) is 10.4. The van der Waals surface area contributed by atoms with Gasteiger partial charge in [0.15, 0.2) is 0 Å².